The number of carbonyl (C=O) groups is 1. The summed E-state index contributed by atoms with van der Waals surface area (Å²) in [5.41, 5.74) is 0.766. The van der Waals surface area contributed by atoms with Crippen LogP contribution in [0.1, 0.15) is 33.5 Å². The molecular weight excluding hydrogens is 480 g/mol. The van der Waals surface area contributed by atoms with E-state index in [1.54, 1.807) is 49.4 Å². The summed E-state index contributed by atoms with van der Waals surface area (Å²) in [6.07, 6.45) is 0. The van der Waals surface area contributed by atoms with E-state index < -0.39 is 11.9 Å². The van der Waals surface area contributed by atoms with Crippen molar-refractivity contribution in [2.24, 2.45) is 0 Å². The van der Waals surface area contributed by atoms with Crippen LogP contribution in [0.15, 0.2) is 60.7 Å². The summed E-state index contributed by atoms with van der Waals surface area (Å²) in [6, 6.07) is 11.1. The van der Waals surface area contributed by atoms with Crippen molar-refractivity contribution in [1.29, 1.82) is 0 Å². The van der Waals surface area contributed by atoms with Crippen LogP contribution >= 0.6 is 15.9 Å². The van der Waals surface area contributed by atoms with Crippen molar-refractivity contribution in [1.82, 2.24) is 5.16 Å². The zero-order chi connectivity index (χ0) is 22.6. The number of nitrogens with zero attached hydrogens (tertiary/aromatic N) is 2. The van der Waals surface area contributed by atoms with Crippen molar-refractivity contribution in [3.05, 3.63) is 79.8 Å². The number of hydrogen-bond donors (Lipinski definition) is 0. The molecule has 1 amide bonds. The highest BCUT2D eigenvalue weighted by molar-refractivity contribution is 9.10. The molecule has 0 aliphatic carbocycles. The summed E-state index contributed by atoms with van der Waals surface area (Å²) in [5, 5.41) is 4.38. The first-order chi connectivity index (χ1) is 15.4. The van der Waals surface area contributed by atoms with Gasteiger partial charge in [-0.25, -0.2) is 0 Å². The fraction of sp³-hybridized carbons (Fsp3) is 0.174. The van der Waals surface area contributed by atoms with Crippen LogP contribution < -0.4 is 19.8 Å². The molecule has 4 aromatic rings. The number of ether oxygens (including phenoxy) is 2. The van der Waals surface area contributed by atoms with E-state index in [0.29, 0.717) is 33.8 Å². The van der Waals surface area contributed by atoms with Crippen molar-refractivity contribution in [2.75, 3.05) is 19.1 Å². The predicted molar refractivity (Wildman–Crippen MR) is 120 cm³/mol. The Bertz CT molecular complexity index is 1440. The number of anilines is 1. The van der Waals surface area contributed by atoms with Gasteiger partial charge in [-0.1, -0.05) is 33.2 Å². The van der Waals surface area contributed by atoms with Gasteiger partial charge < -0.3 is 18.4 Å². The molecule has 8 nitrogen and oxygen atoms in total. The smallest absolute Gasteiger partial charge is 0.296 e. The monoisotopic (exact) mass is 496 g/mol. The van der Waals surface area contributed by atoms with Crippen molar-refractivity contribution in [3.8, 4) is 11.5 Å². The molecule has 9 heteroatoms. The van der Waals surface area contributed by atoms with Crippen LogP contribution in [0.25, 0.3) is 11.0 Å². The molecule has 0 saturated heterocycles. The van der Waals surface area contributed by atoms with Gasteiger partial charge >= 0.3 is 0 Å². The minimum Gasteiger partial charge on any atom is -0.493 e. The van der Waals surface area contributed by atoms with E-state index in [0.717, 1.165) is 4.47 Å². The maximum absolute atomic E-state index is 13.7. The van der Waals surface area contributed by atoms with Crippen molar-refractivity contribution in [3.63, 3.8) is 0 Å². The van der Waals surface area contributed by atoms with Gasteiger partial charge in [0.05, 0.1) is 25.2 Å². The molecule has 0 N–H and O–H groups in total. The molecule has 0 spiro atoms. The zero-order valence-electron chi connectivity index (χ0n) is 17.3. The zero-order valence-corrected chi connectivity index (χ0v) is 18.9. The molecule has 2 aromatic carbocycles. The molecule has 1 aliphatic rings. The molecule has 1 unspecified atom stereocenters. The average Bonchev–Trinajstić information content (AvgIpc) is 3.34. The van der Waals surface area contributed by atoms with Crippen LogP contribution in [0, 0.1) is 6.92 Å². The van der Waals surface area contributed by atoms with Crippen LogP contribution in [-0.2, 0) is 0 Å². The van der Waals surface area contributed by atoms with E-state index >= 15 is 0 Å². The normalized spacial score (nSPS) is 15.3. The Balaban J connectivity index is 1.86. The fourth-order valence-corrected chi connectivity index (χ4v) is 4.43. The Kier molecular flexibility index (Phi) is 4.78. The molecule has 1 atom stereocenters. The quantitative estimate of drug-likeness (QED) is 0.406. The highest BCUT2D eigenvalue weighted by Crippen LogP contribution is 2.46. The molecule has 0 bridgehead atoms. The van der Waals surface area contributed by atoms with E-state index in [-0.39, 0.29) is 22.6 Å². The maximum atomic E-state index is 13.7. The first-order valence-corrected chi connectivity index (χ1v) is 10.5. The number of amides is 1. The summed E-state index contributed by atoms with van der Waals surface area (Å²) in [7, 11) is 3.02. The van der Waals surface area contributed by atoms with Gasteiger partial charge in [-0.05, 0) is 31.2 Å². The fourth-order valence-electron chi connectivity index (χ4n) is 4.07. The average molecular weight is 497 g/mol. The number of halogens is 1. The molecule has 3 heterocycles. The van der Waals surface area contributed by atoms with Crippen molar-refractivity contribution in [2.45, 2.75) is 13.0 Å². The lowest BCUT2D eigenvalue weighted by Crippen LogP contribution is -2.30. The van der Waals surface area contributed by atoms with Crippen LogP contribution in [-0.4, -0.2) is 25.3 Å². The molecule has 0 fully saturated rings. The number of carbonyl (C=O) groups excluding carboxylic acids is 1. The lowest BCUT2D eigenvalue weighted by atomic mass is 9.97. The third-order valence-electron chi connectivity index (χ3n) is 5.42. The van der Waals surface area contributed by atoms with Gasteiger partial charge in [-0.15, -0.1) is 0 Å². The summed E-state index contributed by atoms with van der Waals surface area (Å²) >= 11 is 3.40. The number of rotatable bonds is 4. The SMILES string of the molecule is COc1cccc(C2c3c(oc4ccc(Br)cc4c3=O)C(=O)N2c2cc(C)on2)c1OC. The molecule has 162 valence electrons. The van der Waals surface area contributed by atoms with E-state index in [4.69, 9.17) is 18.4 Å². The number of fused-ring (bicyclic) bond motifs is 2. The van der Waals surface area contributed by atoms with Crippen molar-refractivity contribution < 1.29 is 23.2 Å². The predicted octanol–water partition coefficient (Wildman–Crippen LogP) is 4.62. The number of aromatic nitrogens is 1. The van der Waals surface area contributed by atoms with Gasteiger partial charge in [0.15, 0.2) is 22.7 Å². The third-order valence-corrected chi connectivity index (χ3v) is 5.92. The molecule has 1 aliphatic heterocycles. The van der Waals surface area contributed by atoms with Crippen LogP contribution in [0.3, 0.4) is 0 Å². The Morgan fingerprint density at radius 2 is 1.91 bits per heavy atom. The Morgan fingerprint density at radius 1 is 1.09 bits per heavy atom. The lowest BCUT2D eigenvalue weighted by molar-refractivity contribution is 0.0969. The van der Waals surface area contributed by atoms with Crippen LogP contribution in [0.5, 0.6) is 11.5 Å². The number of aryl methyl sites for hydroxylation is 1. The topological polar surface area (TPSA) is 95.0 Å². The Labute approximate surface area is 190 Å². The largest absolute Gasteiger partial charge is 0.493 e. The third kappa shape index (κ3) is 2.92. The van der Waals surface area contributed by atoms with Gasteiger partial charge in [0.2, 0.25) is 5.76 Å². The van der Waals surface area contributed by atoms with Crippen molar-refractivity contribution >= 4 is 38.6 Å². The van der Waals surface area contributed by atoms with E-state index in [1.165, 1.54) is 19.1 Å². The number of methoxy groups -OCH3 is 2. The van der Waals surface area contributed by atoms with Gasteiger partial charge in [0, 0.05) is 16.1 Å². The second-order valence-electron chi connectivity index (χ2n) is 7.27. The Hall–Kier alpha value is -3.59. The van der Waals surface area contributed by atoms with Gasteiger partial charge in [-0.2, -0.15) is 0 Å². The van der Waals surface area contributed by atoms with Crippen LogP contribution in [0.2, 0.25) is 0 Å². The van der Waals surface area contributed by atoms with E-state index in [1.807, 2.05) is 0 Å². The second-order valence-corrected chi connectivity index (χ2v) is 8.19. The van der Waals surface area contributed by atoms with Gasteiger partial charge in [0.25, 0.3) is 5.91 Å². The summed E-state index contributed by atoms with van der Waals surface area (Å²) in [5.74, 6) is 1.12. The highest BCUT2D eigenvalue weighted by atomic mass is 79.9. The lowest BCUT2D eigenvalue weighted by Gasteiger charge is -2.24. The molecule has 0 radical (unpaired) electrons. The summed E-state index contributed by atoms with van der Waals surface area (Å²) in [6.45, 7) is 1.72. The highest BCUT2D eigenvalue weighted by Gasteiger charge is 2.46. The number of benzene rings is 2. The summed E-state index contributed by atoms with van der Waals surface area (Å²) < 4.78 is 23.0. The minimum absolute atomic E-state index is 0.0413. The Morgan fingerprint density at radius 3 is 2.59 bits per heavy atom. The molecule has 2 aromatic heterocycles. The molecular formula is C23H17BrN2O6. The second kappa shape index (κ2) is 7.52. The summed E-state index contributed by atoms with van der Waals surface area (Å²) in [4.78, 5) is 28.6. The van der Waals surface area contributed by atoms with E-state index in [2.05, 4.69) is 21.1 Å². The van der Waals surface area contributed by atoms with Crippen LogP contribution in [0.4, 0.5) is 5.82 Å². The molecule has 5 rings (SSSR count). The number of para-hydroxylation sites is 1. The van der Waals surface area contributed by atoms with Gasteiger partial charge in [0.1, 0.15) is 17.4 Å². The van der Waals surface area contributed by atoms with E-state index in [9.17, 15) is 9.59 Å². The molecule has 0 saturated carbocycles. The number of hydrogen-bond acceptors (Lipinski definition) is 7. The molecule has 32 heavy (non-hydrogen) atoms. The minimum atomic E-state index is -0.855. The standard InChI is InChI=1S/C23H17BrN2O6/c1-11-9-17(25-32-11)26-19(13-5-4-6-16(29-2)21(13)30-3)18-20(27)14-10-12(24)7-8-15(14)31-22(18)23(26)28/h4-10,19H,1-3H3. The van der Waals surface area contributed by atoms with Gasteiger partial charge in [-0.3, -0.25) is 14.5 Å². The maximum Gasteiger partial charge on any atom is 0.296 e. The first kappa shape index (κ1) is 20.3. The first-order valence-electron chi connectivity index (χ1n) is 9.68.